The van der Waals surface area contributed by atoms with Crippen LogP contribution in [0.4, 0.5) is 13.2 Å². The Morgan fingerprint density at radius 1 is 1.35 bits per heavy atom. The number of fused-ring (bicyclic) bond motifs is 1. The molecule has 0 aromatic carbocycles. The molecule has 1 aliphatic rings. The first kappa shape index (κ1) is 17.0. The van der Waals surface area contributed by atoms with Crippen LogP contribution in [0.1, 0.15) is 23.3 Å². The number of hydrogen-bond acceptors (Lipinski definition) is 4. The van der Waals surface area contributed by atoms with E-state index in [4.69, 9.17) is 0 Å². The molecule has 9 heteroatoms. The lowest BCUT2D eigenvalue weighted by molar-refractivity contribution is -0.141. The van der Waals surface area contributed by atoms with Gasteiger partial charge in [-0.05, 0) is 30.9 Å². The predicted octanol–water partition coefficient (Wildman–Crippen LogP) is 4.10. The van der Waals surface area contributed by atoms with Crippen molar-refractivity contribution < 1.29 is 18.0 Å². The molecule has 1 saturated carbocycles. The Kier molecular flexibility index (Phi) is 4.18. The minimum Gasteiger partial charge on any atom is -0.346 e. The number of carbonyl (C=O) groups is 1. The van der Waals surface area contributed by atoms with Gasteiger partial charge in [-0.25, -0.2) is 9.97 Å². The molecule has 0 bridgehead atoms. The van der Waals surface area contributed by atoms with Crippen molar-refractivity contribution >= 4 is 28.3 Å². The third-order valence-electron chi connectivity index (χ3n) is 4.25. The summed E-state index contributed by atoms with van der Waals surface area (Å²) in [6.07, 6.45) is 0.687. The number of nitrogens with zero attached hydrogens (tertiary/aromatic N) is 3. The number of aromatic amines is 1. The maximum atomic E-state index is 12.8. The minimum atomic E-state index is -4.42. The molecule has 0 spiro atoms. The van der Waals surface area contributed by atoms with Gasteiger partial charge in [0.15, 0.2) is 0 Å². The van der Waals surface area contributed by atoms with Crippen molar-refractivity contribution in [3.63, 3.8) is 0 Å². The fourth-order valence-electron chi connectivity index (χ4n) is 2.85. The highest BCUT2D eigenvalue weighted by molar-refractivity contribution is 7.13. The van der Waals surface area contributed by atoms with Gasteiger partial charge in [-0.2, -0.15) is 13.2 Å². The van der Waals surface area contributed by atoms with E-state index in [9.17, 15) is 18.0 Å². The van der Waals surface area contributed by atoms with E-state index in [1.807, 2.05) is 6.07 Å². The number of aromatic nitrogens is 3. The summed E-state index contributed by atoms with van der Waals surface area (Å²) in [5.41, 5.74) is 1.54. The average Bonchev–Trinajstić information content (AvgIpc) is 3.09. The first-order chi connectivity index (χ1) is 12.4. The van der Waals surface area contributed by atoms with Gasteiger partial charge in [0.25, 0.3) is 5.91 Å². The van der Waals surface area contributed by atoms with E-state index in [1.54, 1.807) is 18.5 Å². The van der Waals surface area contributed by atoms with E-state index in [1.165, 1.54) is 16.7 Å². The van der Waals surface area contributed by atoms with E-state index in [0.29, 0.717) is 10.7 Å². The third-order valence-corrected chi connectivity index (χ3v) is 5.12. The Balaban J connectivity index is 1.61. The van der Waals surface area contributed by atoms with Crippen LogP contribution in [0.15, 0.2) is 29.9 Å². The molecule has 4 rings (SSSR count). The number of hydrogen-bond donors (Lipinski definition) is 1. The number of rotatable bonds is 5. The molecule has 0 aliphatic heterocycles. The molecular formula is C17H15F3N4OS. The summed E-state index contributed by atoms with van der Waals surface area (Å²) in [7, 11) is 0. The fraction of sp³-hybridized carbons (Fsp3) is 0.353. The summed E-state index contributed by atoms with van der Waals surface area (Å²) in [6.45, 7) is -1.12. The van der Waals surface area contributed by atoms with Crippen LogP contribution in [0.5, 0.6) is 0 Å². The maximum absolute atomic E-state index is 12.8. The summed E-state index contributed by atoms with van der Waals surface area (Å²) in [4.78, 5) is 25.0. The zero-order chi connectivity index (χ0) is 18.3. The molecule has 3 aromatic rings. The van der Waals surface area contributed by atoms with E-state index >= 15 is 0 Å². The highest BCUT2D eigenvalue weighted by atomic mass is 32.1. The summed E-state index contributed by atoms with van der Waals surface area (Å²) < 4.78 is 38.5. The molecular weight excluding hydrogens is 365 g/mol. The van der Waals surface area contributed by atoms with Gasteiger partial charge in [0.2, 0.25) is 0 Å². The first-order valence-corrected chi connectivity index (χ1v) is 9.03. The van der Waals surface area contributed by atoms with E-state index in [2.05, 4.69) is 15.0 Å². The number of amides is 1. The van der Waals surface area contributed by atoms with Crippen molar-refractivity contribution in [3.8, 4) is 10.6 Å². The second-order valence-electron chi connectivity index (χ2n) is 6.38. The summed E-state index contributed by atoms with van der Waals surface area (Å²) >= 11 is 1.24. The molecule has 1 N–H and O–H groups in total. The van der Waals surface area contributed by atoms with Crippen molar-refractivity contribution in [2.24, 2.45) is 5.92 Å². The van der Waals surface area contributed by atoms with Crippen LogP contribution >= 0.6 is 11.3 Å². The third kappa shape index (κ3) is 3.57. The highest BCUT2D eigenvalue weighted by Gasteiger charge is 2.37. The van der Waals surface area contributed by atoms with Gasteiger partial charge >= 0.3 is 6.18 Å². The molecule has 3 heterocycles. The van der Waals surface area contributed by atoms with E-state index < -0.39 is 18.6 Å². The van der Waals surface area contributed by atoms with E-state index in [-0.39, 0.29) is 18.2 Å². The largest absolute Gasteiger partial charge is 0.406 e. The van der Waals surface area contributed by atoms with Crippen LogP contribution in [0.2, 0.25) is 0 Å². The van der Waals surface area contributed by atoms with Gasteiger partial charge < -0.3 is 9.88 Å². The van der Waals surface area contributed by atoms with Crippen molar-refractivity contribution in [1.29, 1.82) is 0 Å². The second kappa shape index (κ2) is 6.39. The molecule has 1 fully saturated rings. The van der Waals surface area contributed by atoms with Crippen molar-refractivity contribution in [2.75, 3.05) is 13.1 Å². The number of halogens is 3. The molecule has 0 radical (unpaired) electrons. The first-order valence-electron chi connectivity index (χ1n) is 8.15. The lowest BCUT2D eigenvalue weighted by Gasteiger charge is -2.23. The van der Waals surface area contributed by atoms with Crippen LogP contribution < -0.4 is 0 Å². The molecule has 3 aromatic heterocycles. The molecule has 136 valence electrons. The number of thiazole rings is 1. The number of alkyl halides is 3. The average molecular weight is 380 g/mol. The van der Waals surface area contributed by atoms with Gasteiger partial charge in [-0.1, -0.05) is 0 Å². The molecule has 1 aliphatic carbocycles. The fourth-order valence-corrected chi connectivity index (χ4v) is 3.69. The monoisotopic (exact) mass is 380 g/mol. The van der Waals surface area contributed by atoms with Gasteiger partial charge in [0.05, 0.1) is 0 Å². The number of pyridine rings is 1. The van der Waals surface area contributed by atoms with Crippen LogP contribution in [-0.4, -0.2) is 45.0 Å². The number of nitrogens with one attached hydrogen (secondary N) is 1. The SMILES string of the molecule is O=C(c1csc(-c2ccnc3[nH]ccc23)n1)N(CC1CC1)CC(F)(F)F. The predicted molar refractivity (Wildman–Crippen MR) is 91.9 cm³/mol. The van der Waals surface area contributed by atoms with Crippen LogP contribution in [0.25, 0.3) is 21.6 Å². The Hall–Kier alpha value is -2.42. The normalized spacial score (nSPS) is 14.7. The maximum Gasteiger partial charge on any atom is 0.406 e. The Morgan fingerprint density at radius 2 is 2.15 bits per heavy atom. The molecule has 1 amide bonds. The zero-order valence-corrected chi connectivity index (χ0v) is 14.4. The van der Waals surface area contributed by atoms with Crippen molar-refractivity contribution in [2.45, 2.75) is 19.0 Å². The molecule has 26 heavy (non-hydrogen) atoms. The topological polar surface area (TPSA) is 61.9 Å². The van der Waals surface area contributed by atoms with Gasteiger partial charge in [0, 0.05) is 35.3 Å². The highest BCUT2D eigenvalue weighted by Crippen LogP contribution is 2.33. The molecule has 0 unspecified atom stereocenters. The lowest BCUT2D eigenvalue weighted by Crippen LogP contribution is -2.40. The molecule has 5 nitrogen and oxygen atoms in total. The molecule has 0 saturated heterocycles. The van der Waals surface area contributed by atoms with Crippen molar-refractivity contribution in [1.82, 2.24) is 19.9 Å². The van der Waals surface area contributed by atoms with E-state index in [0.717, 1.165) is 28.7 Å². The quantitative estimate of drug-likeness (QED) is 0.725. The standard InChI is InChI=1S/C17H15F3N4OS/c18-17(19,20)9-24(7-10-1-2-10)16(25)13-8-26-15(23-13)12-4-6-22-14-11(12)3-5-21-14/h3-6,8,10H,1-2,7,9H2,(H,21,22). The van der Waals surface area contributed by atoms with Crippen LogP contribution in [0.3, 0.4) is 0 Å². The van der Waals surface area contributed by atoms with Crippen molar-refractivity contribution in [3.05, 3.63) is 35.6 Å². The number of H-pyrrole nitrogens is 1. The van der Waals surface area contributed by atoms with Crippen LogP contribution in [-0.2, 0) is 0 Å². The Labute approximate surface area is 150 Å². The summed E-state index contributed by atoms with van der Waals surface area (Å²) in [6, 6.07) is 3.63. The zero-order valence-electron chi connectivity index (χ0n) is 13.6. The lowest BCUT2D eigenvalue weighted by atomic mass is 10.2. The van der Waals surface area contributed by atoms with Gasteiger partial charge in [0.1, 0.15) is 22.9 Å². The van der Waals surface area contributed by atoms with Gasteiger partial charge in [-0.3, -0.25) is 4.79 Å². The molecule has 0 atom stereocenters. The minimum absolute atomic E-state index is 0.0513. The summed E-state index contributed by atoms with van der Waals surface area (Å²) in [5, 5.41) is 2.96. The Morgan fingerprint density at radius 3 is 2.88 bits per heavy atom. The summed E-state index contributed by atoms with van der Waals surface area (Å²) in [5.74, 6) is -0.504. The smallest absolute Gasteiger partial charge is 0.346 e. The Bertz CT molecular complexity index is 945. The van der Waals surface area contributed by atoms with Gasteiger partial charge in [-0.15, -0.1) is 11.3 Å². The second-order valence-corrected chi connectivity index (χ2v) is 7.24. The van der Waals surface area contributed by atoms with Crippen LogP contribution in [0, 0.1) is 5.92 Å². The number of carbonyl (C=O) groups excluding carboxylic acids is 1.